The van der Waals surface area contributed by atoms with Crippen molar-refractivity contribution in [2.75, 3.05) is 26.2 Å². The maximum absolute atomic E-state index is 11.0. The smallest absolute Gasteiger partial charge is 0.303 e. The monoisotopic (exact) mass is 652 g/mol. The number of carbonyl (C=O) groups is 3. The van der Waals surface area contributed by atoms with Gasteiger partial charge in [-0.3, -0.25) is 9.59 Å². The van der Waals surface area contributed by atoms with Crippen LogP contribution in [0.25, 0.3) is 0 Å². The number of aliphatic carboxylic acids is 3. The zero-order chi connectivity index (χ0) is 34.0. The van der Waals surface area contributed by atoms with E-state index in [1.54, 1.807) is 0 Å². The molecule has 0 atom stereocenters. The lowest BCUT2D eigenvalue weighted by Gasteiger charge is -2.39. The van der Waals surface area contributed by atoms with Gasteiger partial charge in [0.1, 0.15) is 0 Å². The number of nitrogens with zero attached hydrogens (tertiary/aromatic N) is 1. The molecule has 0 aromatic rings. The highest BCUT2D eigenvalue weighted by atomic mass is 16.4. The van der Waals surface area contributed by atoms with Gasteiger partial charge in [0, 0.05) is 25.2 Å². The van der Waals surface area contributed by atoms with Crippen LogP contribution in [-0.4, -0.2) is 58.8 Å². The molecule has 0 aromatic heterocycles. The van der Waals surface area contributed by atoms with E-state index in [4.69, 9.17) is 10.2 Å². The number of unbranched alkanes of at least 4 members (excludes halogenated alkanes) is 21. The Morgan fingerprint density at radius 1 is 0.457 bits per heavy atom. The summed E-state index contributed by atoms with van der Waals surface area (Å²) in [6.45, 7) is 5.79. The molecule has 0 aliphatic heterocycles. The first kappa shape index (κ1) is 44.1. The third-order valence-corrected chi connectivity index (χ3v) is 9.45. The molecule has 0 rings (SSSR count). The Morgan fingerprint density at radius 3 is 1.15 bits per heavy atom. The molecule has 2 N–H and O–H groups in total. The second-order valence-electron chi connectivity index (χ2n) is 13.8. The van der Waals surface area contributed by atoms with E-state index in [-0.39, 0.29) is 19.3 Å². The first-order valence-corrected chi connectivity index (χ1v) is 19.4. The third-order valence-electron chi connectivity index (χ3n) is 9.45. The summed E-state index contributed by atoms with van der Waals surface area (Å²) in [5, 5.41) is 29.0. The molecule has 7 heteroatoms. The molecule has 0 radical (unpaired) electrons. The number of hydrogen-bond acceptors (Lipinski definition) is 4. The third kappa shape index (κ3) is 32.1. The van der Waals surface area contributed by atoms with Crippen LogP contribution in [0.5, 0.6) is 0 Å². The van der Waals surface area contributed by atoms with Crippen LogP contribution in [0.15, 0.2) is 12.2 Å². The molecule has 0 aliphatic carbocycles. The largest absolute Gasteiger partial charge is 0.550 e. The number of quaternary nitrogens is 1. The van der Waals surface area contributed by atoms with Gasteiger partial charge < -0.3 is 24.6 Å². The van der Waals surface area contributed by atoms with Crippen molar-refractivity contribution >= 4 is 17.9 Å². The Balaban J connectivity index is 4.20. The Bertz CT molecular complexity index is 698. The SMILES string of the molecule is CCCCCCCCCCCCCCCCCCC/C=C/CCC[N+](CCCCC(=O)[O-])(CCCCC(=O)O)CCCCC(=O)O. The van der Waals surface area contributed by atoms with E-state index in [1.165, 1.54) is 109 Å². The van der Waals surface area contributed by atoms with Crippen LogP contribution in [0, 0.1) is 0 Å². The van der Waals surface area contributed by atoms with Crippen molar-refractivity contribution in [1.29, 1.82) is 0 Å². The molecular weight excluding hydrogens is 578 g/mol. The highest BCUT2D eigenvalue weighted by Crippen LogP contribution is 2.19. The lowest BCUT2D eigenvalue weighted by atomic mass is 10.0. The van der Waals surface area contributed by atoms with Crippen LogP contribution in [0.4, 0.5) is 0 Å². The Morgan fingerprint density at radius 2 is 0.783 bits per heavy atom. The predicted molar refractivity (Wildman–Crippen MR) is 189 cm³/mol. The molecular formula is C39H73NO6. The summed E-state index contributed by atoms with van der Waals surface area (Å²) in [7, 11) is 0. The number of carbonyl (C=O) groups excluding carboxylic acids is 1. The highest BCUT2D eigenvalue weighted by Gasteiger charge is 2.26. The summed E-state index contributed by atoms with van der Waals surface area (Å²) in [6.07, 6.45) is 36.0. The van der Waals surface area contributed by atoms with Crippen LogP contribution in [0.3, 0.4) is 0 Å². The molecule has 270 valence electrons. The van der Waals surface area contributed by atoms with Gasteiger partial charge in [-0.15, -0.1) is 0 Å². The summed E-state index contributed by atoms with van der Waals surface area (Å²) in [5.41, 5.74) is 0. The molecule has 0 saturated carbocycles. The topological polar surface area (TPSA) is 115 Å². The van der Waals surface area contributed by atoms with Crippen LogP contribution < -0.4 is 5.11 Å². The summed E-state index contributed by atoms with van der Waals surface area (Å²) in [4.78, 5) is 33.0. The van der Waals surface area contributed by atoms with E-state index in [0.29, 0.717) is 19.3 Å². The van der Waals surface area contributed by atoms with Crippen LogP contribution >= 0.6 is 0 Å². The van der Waals surface area contributed by atoms with Gasteiger partial charge in [-0.05, 0) is 64.2 Å². The van der Waals surface area contributed by atoms with Crippen molar-refractivity contribution in [2.24, 2.45) is 0 Å². The summed E-state index contributed by atoms with van der Waals surface area (Å²) < 4.78 is 0.819. The standard InChI is InChI=1S/C39H73NO6/c1-2-3-4-5-6-7-8-9-10-11-12-13-14-15-16-17-18-19-20-21-22-26-33-40(34-27-23-30-37(41)42,35-28-24-31-38(43)44)36-29-25-32-39(45)46/h20-21H,2-19,22-36H2,1H3,(H2-,41,42,43,44,45,46)/b21-20+. The molecule has 0 bridgehead atoms. The van der Waals surface area contributed by atoms with Crippen LogP contribution in [-0.2, 0) is 14.4 Å². The lowest BCUT2D eigenvalue weighted by molar-refractivity contribution is -0.929. The minimum atomic E-state index is -1.02. The fourth-order valence-corrected chi connectivity index (χ4v) is 6.60. The molecule has 0 heterocycles. The molecule has 46 heavy (non-hydrogen) atoms. The number of carboxylic acids is 3. The molecule has 0 amide bonds. The van der Waals surface area contributed by atoms with Crippen molar-refractivity contribution < 1.29 is 34.2 Å². The zero-order valence-corrected chi connectivity index (χ0v) is 30.0. The van der Waals surface area contributed by atoms with Crippen molar-refractivity contribution in [3.63, 3.8) is 0 Å². The van der Waals surface area contributed by atoms with Crippen molar-refractivity contribution in [3.8, 4) is 0 Å². The van der Waals surface area contributed by atoms with Crippen LogP contribution in [0.2, 0.25) is 0 Å². The second kappa shape index (κ2) is 33.0. The van der Waals surface area contributed by atoms with Gasteiger partial charge >= 0.3 is 11.9 Å². The maximum atomic E-state index is 11.0. The molecule has 0 unspecified atom stereocenters. The molecule has 0 fully saturated rings. The summed E-state index contributed by atoms with van der Waals surface area (Å²) >= 11 is 0. The molecule has 7 nitrogen and oxygen atoms in total. The summed E-state index contributed by atoms with van der Waals surface area (Å²) in [5.74, 6) is -2.58. The predicted octanol–water partition coefficient (Wildman–Crippen LogP) is 9.61. The van der Waals surface area contributed by atoms with E-state index < -0.39 is 17.9 Å². The minimum absolute atomic E-state index is 0.0557. The normalized spacial score (nSPS) is 11.8. The summed E-state index contributed by atoms with van der Waals surface area (Å²) in [6, 6.07) is 0. The molecule has 0 aromatic carbocycles. The molecule has 0 aliphatic rings. The van der Waals surface area contributed by atoms with Crippen molar-refractivity contribution in [2.45, 2.75) is 193 Å². The first-order valence-electron chi connectivity index (χ1n) is 19.4. The van der Waals surface area contributed by atoms with E-state index in [9.17, 15) is 19.5 Å². The van der Waals surface area contributed by atoms with E-state index in [1.807, 2.05) is 0 Å². The number of rotatable bonds is 37. The van der Waals surface area contributed by atoms with Crippen molar-refractivity contribution in [3.05, 3.63) is 12.2 Å². The van der Waals surface area contributed by atoms with Gasteiger partial charge in [0.2, 0.25) is 0 Å². The lowest BCUT2D eigenvalue weighted by Crippen LogP contribution is -2.51. The Kier molecular flexibility index (Phi) is 31.7. The Hall–Kier alpha value is -1.89. The average molecular weight is 652 g/mol. The maximum Gasteiger partial charge on any atom is 0.303 e. The second-order valence-corrected chi connectivity index (χ2v) is 13.8. The average Bonchev–Trinajstić information content (AvgIpc) is 3.02. The first-order chi connectivity index (χ1) is 22.3. The molecule has 0 saturated heterocycles. The number of carboxylic acid groups (broad SMARTS) is 3. The molecule has 0 spiro atoms. The van der Waals surface area contributed by atoms with Gasteiger partial charge in [-0.25, -0.2) is 0 Å². The van der Waals surface area contributed by atoms with Gasteiger partial charge in [-0.2, -0.15) is 0 Å². The van der Waals surface area contributed by atoms with Crippen LogP contribution in [0.1, 0.15) is 193 Å². The Labute approximate surface area is 283 Å². The minimum Gasteiger partial charge on any atom is -0.550 e. The van der Waals surface area contributed by atoms with Gasteiger partial charge in [0.05, 0.1) is 26.2 Å². The number of hydrogen-bond donors (Lipinski definition) is 2. The quantitative estimate of drug-likeness (QED) is 0.0393. The van der Waals surface area contributed by atoms with Crippen molar-refractivity contribution in [1.82, 2.24) is 0 Å². The van der Waals surface area contributed by atoms with Gasteiger partial charge in [0.15, 0.2) is 0 Å². The fraction of sp³-hybridized carbons (Fsp3) is 0.872. The fourth-order valence-electron chi connectivity index (χ4n) is 6.60. The number of allylic oxidation sites excluding steroid dienone is 2. The van der Waals surface area contributed by atoms with Gasteiger partial charge in [0.25, 0.3) is 0 Å². The van der Waals surface area contributed by atoms with E-state index >= 15 is 0 Å². The van der Waals surface area contributed by atoms with E-state index in [0.717, 1.165) is 69.2 Å². The van der Waals surface area contributed by atoms with Gasteiger partial charge in [-0.1, -0.05) is 122 Å². The zero-order valence-electron chi connectivity index (χ0n) is 30.0. The highest BCUT2D eigenvalue weighted by molar-refractivity contribution is 5.66. The van der Waals surface area contributed by atoms with E-state index in [2.05, 4.69) is 19.1 Å².